The van der Waals surface area contributed by atoms with Crippen LogP contribution in [0.15, 0.2) is 26.2 Å². The molecule has 0 unspecified atom stereocenters. The van der Waals surface area contributed by atoms with E-state index in [9.17, 15) is 5.11 Å². The first-order valence-corrected chi connectivity index (χ1v) is 8.08. The lowest BCUT2D eigenvalue weighted by atomic mass is 10.00. The van der Waals surface area contributed by atoms with Gasteiger partial charge < -0.3 is 5.11 Å². The highest BCUT2D eigenvalue weighted by Gasteiger charge is 2.22. The van der Waals surface area contributed by atoms with Crippen LogP contribution in [-0.2, 0) is 0 Å². The third kappa shape index (κ3) is 3.51. The van der Waals surface area contributed by atoms with Crippen molar-refractivity contribution >= 4 is 38.1 Å². The van der Waals surface area contributed by atoms with Crippen molar-refractivity contribution in [3.8, 4) is 5.75 Å². The van der Waals surface area contributed by atoms with Crippen LogP contribution in [0.3, 0.4) is 0 Å². The normalized spacial score (nSPS) is 24.1. The first-order valence-electron chi connectivity index (χ1n) is 6.49. The lowest BCUT2D eigenvalue weighted by Crippen LogP contribution is -2.39. The fourth-order valence-corrected chi connectivity index (χ4v) is 3.65. The van der Waals surface area contributed by atoms with Crippen molar-refractivity contribution in [2.45, 2.75) is 45.2 Å². The minimum atomic E-state index is 0.219. The van der Waals surface area contributed by atoms with Crippen molar-refractivity contribution in [2.75, 3.05) is 0 Å². The maximum absolute atomic E-state index is 9.68. The predicted molar refractivity (Wildman–Crippen MR) is 85.7 cm³/mol. The second-order valence-electron chi connectivity index (χ2n) is 5.09. The van der Waals surface area contributed by atoms with Gasteiger partial charge in [-0.1, -0.05) is 0 Å². The molecule has 104 valence electrons. The van der Waals surface area contributed by atoms with Crippen LogP contribution in [0.4, 0.5) is 0 Å². The van der Waals surface area contributed by atoms with Crippen molar-refractivity contribution in [1.82, 2.24) is 5.01 Å². The number of benzene rings is 1. The largest absolute Gasteiger partial charge is 0.506 e. The lowest BCUT2D eigenvalue weighted by molar-refractivity contribution is 0.109. The van der Waals surface area contributed by atoms with Crippen LogP contribution in [0.2, 0.25) is 0 Å². The number of hydrogen-bond donors (Lipinski definition) is 1. The molecule has 0 bridgehead atoms. The smallest absolute Gasteiger partial charge is 0.143 e. The molecule has 1 aromatic rings. The van der Waals surface area contributed by atoms with Crippen LogP contribution in [0.25, 0.3) is 0 Å². The van der Waals surface area contributed by atoms with Gasteiger partial charge in [0.1, 0.15) is 5.75 Å². The number of nitrogens with zero attached hydrogens (tertiary/aromatic N) is 2. The minimum absolute atomic E-state index is 0.219. The van der Waals surface area contributed by atoms with Crippen LogP contribution in [0, 0.1) is 0 Å². The second kappa shape index (κ2) is 6.27. The van der Waals surface area contributed by atoms with Crippen molar-refractivity contribution < 1.29 is 5.11 Å². The molecule has 0 aliphatic carbocycles. The van der Waals surface area contributed by atoms with Crippen LogP contribution in [0.1, 0.15) is 38.7 Å². The molecule has 2 rings (SSSR count). The van der Waals surface area contributed by atoms with Gasteiger partial charge in [-0.3, -0.25) is 5.01 Å². The highest BCUT2D eigenvalue weighted by Crippen LogP contribution is 2.33. The van der Waals surface area contributed by atoms with Crippen LogP contribution < -0.4 is 0 Å². The minimum Gasteiger partial charge on any atom is -0.506 e. The molecule has 1 aliphatic rings. The van der Waals surface area contributed by atoms with Gasteiger partial charge >= 0.3 is 0 Å². The van der Waals surface area contributed by atoms with Crippen LogP contribution in [0.5, 0.6) is 5.75 Å². The first kappa shape index (κ1) is 14.9. The van der Waals surface area contributed by atoms with E-state index in [0.29, 0.717) is 21.0 Å². The summed E-state index contributed by atoms with van der Waals surface area (Å²) in [6, 6.07) is 4.71. The fraction of sp³-hybridized carbons (Fsp3) is 0.500. The summed E-state index contributed by atoms with van der Waals surface area (Å²) >= 11 is 6.66. The number of phenolic OH excluding ortho intramolecular Hbond substituents is 1. The number of halogens is 2. The van der Waals surface area contributed by atoms with Crippen molar-refractivity contribution in [3.63, 3.8) is 0 Å². The molecule has 19 heavy (non-hydrogen) atoms. The lowest BCUT2D eigenvalue weighted by Gasteiger charge is -2.36. The highest BCUT2D eigenvalue weighted by atomic mass is 79.9. The average Bonchev–Trinajstić information content (AvgIpc) is 2.35. The van der Waals surface area contributed by atoms with E-state index in [-0.39, 0.29) is 5.75 Å². The summed E-state index contributed by atoms with van der Waals surface area (Å²) in [5.74, 6) is 0.219. The maximum atomic E-state index is 9.68. The maximum Gasteiger partial charge on any atom is 0.143 e. The molecule has 1 saturated heterocycles. The quantitative estimate of drug-likeness (QED) is 0.755. The van der Waals surface area contributed by atoms with Gasteiger partial charge in [-0.2, -0.15) is 5.10 Å². The molecular formula is C14H18Br2N2O. The molecule has 1 aliphatic heterocycles. The highest BCUT2D eigenvalue weighted by molar-refractivity contribution is 9.11. The van der Waals surface area contributed by atoms with Gasteiger partial charge in [-0.25, -0.2) is 0 Å². The summed E-state index contributed by atoms with van der Waals surface area (Å²) in [5.41, 5.74) is 0.960. The van der Waals surface area contributed by atoms with Crippen molar-refractivity contribution in [2.24, 2.45) is 5.10 Å². The van der Waals surface area contributed by atoms with Crippen molar-refractivity contribution in [1.29, 1.82) is 0 Å². The number of aromatic hydroxyl groups is 1. The Bertz CT molecular complexity index is 457. The van der Waals surface area contributed by atoms with Crippen LogP contribution >= 0.6 is 31.9 Å². The summed E-state index contributed by atoms with van der Waals surface area (Å²) in [6.45, 7) is 4.44. The molecule has 1 aromatic carbocycles. The van der Waals surface area contributed by atoms with E-state index in [1.165, 1.54) is 19.3 Å². The zero-order chi connectivity index (χ0) is 14.0. The SMILES string of the molecule is C[C@@H]1CCC[C@@H](C)N1/N=C/c1cc(Br)c(O)c(Br)c1. The number of hydrogen-bond acceptors (Lipinski definition) is 3. The average molecular weight is 390 g/mol. The monoisotopic (exact) mass is 388 g/mol. The molecule has 1 N–H and O–H groups in total. The third-order valence-electron chi connectivity index (χ3n) is 3.53. The standard InChI is InChI=1S/C14H18Br2N2O/c1-9-4-3-5-10(2)18(9)17-8-11-6-12(15)14(19)13(16)7-11/h6-10,19H,3-5H2,1-2H3/b17-8+/t9-,10-/m1/s1. The van der Waals surface area contributed by atoms with Gasteiger partial charge in [0.25, 0.3) is 0 Å². The molecule has 1 fully saturated rings. The zero-order valence-electron chi connectivity index (χ0n) is 11.1. The number of hydrazone groups is 1. The van der Waals surface area contributed by atoms with Gasteiger partial charge in [-0.15, -0.1) is 0 Å². The van der Waals surface area contributed by atoms with Gasteiger partial charge in [0.2, 0.25) is 0 Å². The molecule has 3 nitrogen and oxygen atoms in total. The van der Waals surface area contributed by atoms with Gasteiger partial charge in [0.15, 0.2) is 0 Å². The molecule has 0 aromatic heterocycles. The summed E-state index contributed by atoms with van der Waals surface area (Å²) < 4.78 is 1.34. The first-order chi connectivity index (χ1) is 8.99. The van der Waals surface area contributed by atoms with Gasteiger partial charge in [0.05, 0.1) is 15.2 Å². The molecular weight excluding hydrogens is 372 g/mol. The van der Waals surface area contributed by atoms with Crippen LogP contribution in [-0.4, -0.2) is 28.4 Å². The zero-order valence-corrected chi connectivity index (χ0v) is 14.3. The molecule has 2 atom stereocenters. The van der Waals surface area contributed by atoms with Gasteiger partial charge in [-0.05, 0) is 82.7 Å². The molecule has 0 spiro atoms. The van der Waals surface area contributed by atoms with E-state index in [2.05, 4.69) is 55.8 Å². The van der Waals surface area contributed by atoms with Crippen molar-refractivity contribution in [3.05, 3.63) is 26.6 Å². The molecule has 5 heteroatoms. The Labute approximate surface area is 130 Å². The Kier molecular flexibility index (Phi) is 4.90. The number of phenols is 1. The predicted octanol–water partition coefficient (Wildman–Crippen LogP) is 4.51. The Hall–Kier alpha value is -0.550. The fourth-order valence-electron chi connectivity index (χ4n) is 2.43. The van der Waals surface area contributed by atoms with E-state index in [4.69, 9.17) is 0 Å². The summed E-state index contributed by atoms with van der Waals surface area (Å²) in [6.07, 6.45) is 5.53. The Morgan fingerprint density at radius 3 is 2.26 bits per heavy atom. The van der Waals surface area contributed by atoms with Gasteiger partial charge in [0, 0.05) is 12.1 Å². The van der Waals surface area contributed by atoms with E-state index in [1.807, 2.05) is 18.3 Å². The molecule has 0 saturated carbocycles. The Morgan fingerprint density at radius 2 is 1.74 bits per heavy atom. The number of rotatable bonds is 2. The Morgan fingerprint density at radius 1 is 1.21 bits per heavy atom. The van der Waals surface area contributed by atoms with E-state index < -0.39 is 0 Å². The van der Waals surface area contributed by atoms with E-state index >= 15 is 0 Å². The topological polar surface area (TPSA) is 35.8 Å². The number of piperidine rings is 1. The second-order valence-corrected chi connectivity index (χ2v) is 6.80. The molecule has 0 amide bonds. The summed E-state index contributed by atoms with van der Waals surface area (Å²) in [7, 11) is 0. The summed E-state index contributed by atoms with van der Waals surface area (Å²) in [4.78, 5) is 0. The van der Waals surface area contributed by atoms with E-state index in [0.717, 1.165) is 5.56 Å². The van der Waals surface area contributed by atoms with E-state index in [1.54, 1.807) is 0 Å². The molecule has 1 heterocycles. The molecule has 0 radical (unpaired) electrons. The Balaban J connectivity index is 2.18. The summed E-state index contributed by atoms with van der Waals surface area (Å²) in [5, 5.41) is 16.5. The third-order valence-corrected chi connectivity index (χ3v) is 4.74.